The van der Waals surface area contributed by atoms with Crippen LogP contribution in [0.1, 0.15) is 22.5 Å². The summed E-state index contributed by atoms with van der Waals surface area (Å²) in [6.07, 6.45) is 1.81. The number of nitrogens with zero attached hydrogens (tertiary/aromatic N) is 2. The van der Waals surface area contributed by atoms with E-state index in [1.165, 1.54) is 11.1 Å². The minimum atomic E-state index is 0.475. The number of nitriles is 1. The number of rotatable bonds is 4. The summed E-state index contributed by atoms with van der Waals surface area (Å²) in [4.78, 5) is 7.85. The SMILES string of the molecule is Cc1cc2nc(C(C#N)=Cc3cccc(Oc4ccccc4)c3)[nH]c2cc1C. The molecule has 4 heteroatoms. The second-order valence-corrected chi connectivity index (χ2v) is 6.70. The van der Waals surface area contributed by atoms with E-state index in [-0.39, 0.29) is 0 Å². The first kappa shape index (κ1) is 17.6. The molecule has 1 N–H and O–H groups in total. The lowest BCUT2D eigenvalue weighted by Gasteiger charge is -2.06. The molecule has 4 aromatic rings. The lowest BCUT2D eigenvalue weighted by Crippen LogP contribution is -1.87. The summed E-state index contributed by atoms with van der Waals surface area (Å²) in [6.45, 7) is 4.12. The third-order valence-corrected chi connectivity index (χ3v) is 4.62. The van der Waals surface area contributed by atoms with Gasteiger partial charge in [0.05, 0.1) is 16.6 Å². The number of hydrogen-bond acceptors (Lipinski definition) is 3. The van der Waals surface area contributed by atoms with Crippen molar-refractivity contribution in [3.05, 3.63) is 89.2 Å². The number of benzene rings is 3. The Kier molecular flexibility index (Phi) is 4.65. The standard InChI is InChI=1S/C24H19N3O/c1-16-11-22-23(12-17(16)2)27-24(26-22)19(15-25)13-18-7-6-10-21(14-18)28-20-8-4-3-5-9-20/h3-14H,1-2H3,(H,26,27). The fourth-order valence-corrected chi connectivity index (χ4v) is 3.01. The zero-order valence-corrected chi connectivity index (χ0v) is 15.7. The molecule has 4 nitrogen and oxygen atoms in total. The summed E-state index contributed by atoms with van der Waals surface area (Å²) in [5.41, 5.74) is 5.51. The van der Waals surface area contributed by atoms with Gasteiger partial charge in [-0.25, -0.2) is 4.98 Å². The second-order valence-electron chi connectivity index (χ2n) is 6.70. The van der Waals surface area contributed by atoms with Gasteiger partial charge in [0.1, 0.15) is 23.4 Å². The van der Waals surface area contributed by atoms with E-state index in [0.29, 0.717) is 17.1 Å². The molecule has 0 bridgehead atoms. The van der Waals surface area contributed by atoms with Crippen LogP contribution in [0, 0.1) is 25.2 Å². The molecule has 0 aliphatic rings. The molecule has 0 fully saturated rings. The molecule has 0 atom stereocenters. The lowest BCUT2D eigenvalue weighted by molar-refractivity contribution is 0.482. The smallest absolute Gasteiger partial charge is 0.149 e. The zero-order chi connectivity index (χ0) is 19.5. The van der Waals surface area contributed by atoms with E-state index in [0.717, 1.165) is 22.3 Å². The average Bonchev–Trinajstić information content (AvgIpc) is 3.10. The molecular formula is C24H19N3O. The first-order valence-electron chi connectivity index (χ1n) is 9.04. The Hall–Kier alpha value is -3.84. The Balaban J connectivity index is 1.67. The summed E-state index contributed by atoms with van der Waals surface area (Å²) >= 11 is 0. The maximum Gasteiger partial charge on any atom is 0.149 e. The van der Waals surface area contributed by atoms with E-state index in [1.54, 1.807) is 0 Å². The minimum absolute atomic E-state index is 0.475. The number of para-hydroxylation sites is 1. The molecule has 0 saturated heterocycles. The number of fused-ring (bicyclic) bond motifs is 1. The van der Waals surface area contributed by atoms with E-state index in [2.05, 4.69) is 36.0 Å². The van der Waals surface area contributed by atoms with Crippen LogP contribution in [-0.2, 0) is 0 Å². The molecule has 0 unspecified atom stereocenters. The van der Waals surface area contributed by atoms with Gasteiger partial charge in [0.25, 0.3) is 0 Å². The maximum absolute atomic E-state index is 9.67. The highest BCUT2D eigenvalue weighted by molar-refractivity contribution is 5.90. The monoisotopic (exact) mass is 365 g/mol. The molecule has 0 amide bonds. The van der Waals surface area contributed by atoms with Crippen LogP contribution < -0.4 is 4.74 Å². The van der Waals surface area contributed by atoms with Crippen LogP contribution in [0.4, 0.5) is 0 Å². The van der Waals surface area contributed by atoms with Crippen molar-refractivity contribution in [3.8, 4) is 17.6 Å². The van der Waals surface area contributed by atoms with Crippen LogP contribution in [-0.4, -0.2) is 9.97 Å². The van der Waals surface area contributed by atoms with Crippen LogP contribution in [0.15, 0.2) is 66.7 Å². The van der Waals surface area contributed by atoms with Gasteiger partial charge in [-0.05, 0) is 73.0 Å². The normalized spacial score (nSPS) is 11.4. The van der Waals surface area contributed by atoms with Crippen LogP contribution in [0.2, 0.25) is 0 Å². The van der Waals surface area contributed by atoms with Crippen molar-refractivity contribution in [2.45, 2.75) is 13.8 Å². The van der Waals surface area contributed by atoms with Crippen molar-refractivity contribution in [2.75, 3.05) is 0 Å². The van der Waals surface area contributed by atoms with Crippen LogP contribution >= 0.6 is 0 Å². The molecule has 136 valence electrons. The first-order valence-corrected chi connectivity index (χ1v) is 9.04. The third kappa shape index (κ3) is 3.65. The summed E-state index contributed by atoms with van der Waals surface area (Å²) in [6, 6.07) is 23.6. The lowest BCUT2D eigenvalue weighted by atomic mass is 10.1. The van der Waals surface area contributed by atoms with Crippen molar-refractivity contribution in [2.24, 2.45) is 0 Å². The number of nitrogens with one attached hydrogen (secondary N) is 1. The van der Waals surface area contributed by atoms with E-state index in [1.807, 2.05) is 66.7 Å². The average molecular weight is 365 g/mol. The Morgan fingerprint density at radius 2 is 1.71 bits per heavy atom. The second kappa shape index (κ2) is 7.42. The predicted molar refractivity (Wildman–Crippen MR) is 112 cm³/mol. The Bertz CT molecular complexity index is 1170. The largest absolute Gasteiger partial charge is 0.457 e. The summed E-state index contributed by atoms with van der Waals surface area (Å²) in [5.74, 6) is 2.05. The number of aromatic nitrogens is 2. The van der Waals surface area contributed by atoms with Gasteiger partial charge < -0.3 is 9.72 Å². The third-order valence-electron chi connectivity index (χ3n) is 4.62. The summed E-state index contributed by atoms with van der Waals surface area (Å²) in [5, 5.41) is 9.67. The molecule has 0 spiro atoms. The molecule has 0 saturated carbocycles. The molecule has 3 aromatic carbocycles. The van der Waals surface area contributed by atoms with Gasteiger partial charge in [0.15, 0.2) is 0 Å². The quantitative estimate of drug-likeness (QED) is 0.449. The van der Waals surface area contributed by atoms with Crippen molar-refractivity contribution < 1.29 is 4.74 Å². The van der Waals surface area contributed by atoms with Gasteiger partial charge in [-0.1, -0.05) is 30.3 Å². The summed E-state index contributed by atoms with van der Waals surface area (Å²) < 4.78 is 5.88. The number of allylic oxidation sites excluding steroid dienone is 1. The predicted octanol–water partition coefficient (Wildman–Crippen LogP) is 6.04. The molecule has 1 heterocycles. The number of hydrogen-bond donors (Lipinski definition) is 1. The van der Waals surface area contributed by atoms with Gasteiger partial charge >= 0.3 is 0 Å². The van der Waals surface area contributed by atoms with E-state index in [4.69, 9.17) is 4.74 Å². The fraction of sp³-hybridized carbons (Fsp3) is 0.0833. The molecule has 28 heavy (non-hydrogen) atoms. The molecule has 0 aliphatic heterocycles. The van der Waals surface area contributed by atoms with Gasteiger partial charge in [0, 0.05) is 0 Å². The van der Waals surface area contributed by atoms with Gasteiger partial charge in [-0.3, -0.25) is 0 Å². The Morgan fingerprint density at radius 3 is 2.50 bits per heavy atom. The van der Waals surface area contributed by atoms with Crippen LogP contribution in [0.25, 0.3) is 22.7 Å². The fourth-order valence-electron chi connectivity index (χ4n) is 3.01. The molecule has 4 rings (SSSR count). The summed E-state index contributed by atoms with van der Waals surface area (Å²) in [7, 11) is 0. The van der Waals surface area contributed by atoms with Crippen molar-refractivity contribution in [3.63, 3.8) is 0 Å². The van der Waals surface area contributed by atoms with Crippen molar-refractivity contribution >= 4 is 22.7 Å². The van der Waals surface area contributed by atoms with Crippen molar-refractivity contribution in [1.29, 1.82) is 5.26 Å². The van der Waals surface area contributed by atoms with E-state index in [9.17, 15) is 5.26 Å². The molecule has 0 aliphatic carbocycles. The van der Waals surface area contributed by atoms with Crippen LogP contribution in [0.3, 0.4) is 0 Å². The molecule has 1 aromatic heterocycles. The number of aromatic amines is 1. The number of ether oxygens (including phenoxy) is 1. The Morgan fingerprint density at radius 1 is 0.964 bits per heavy atom. The Labute approximate surface area is 163 Å². The highest BCUT2D eigenvalue weighted by atomic mass is 16.5. The zero-order valence-electron chi connectivity index (χ0n) is 15.7. The van der Waals surface area contributed by atoms with Gasteiger partial charge in [0.2, 0.25) is 0 Å². The van der Waals surface area contributed by atoms with Gasteiger partial charge in [-0.15, -0.1) is 0 Å². The molecular weight excluding hydrogens is 346 g/mol. The van der Waals surface area contributed by atoms with E-state index >= 15 is 0 Å². The molecule has 0 radical (unpaired) electrons. The topological polar surface area (TPSA) is 61.7 Å². The minimum Gasteiger partial charge on any atom is -0.457 e. The maximum atomic E-state index is 9.67. The highest BCUT2D eigenvalue weighted by Crippen LogP contribution is 2.25. The van der Waals surface area contributed by atoms with Crippen molar-refractivity contribution in [1.82, 2.24) is 9.97 Å². The number of imidazole rings is 1. The first-order chi connectivity index (χ1) is 13.6. The van der Waals surface area contributed by atoms with Crippen LogP contribution in [0.5, 0.6) is 11.5 Å². The number of aryl methyl sites for hydroxylation is 2. The van der Waals surface area contributed by atoms with Gasteiger partial charge in [-0.2, -0.15) is 5.26 Å². The number of H-pyrrole nitrogens is 1. The highest BCUT2D eigenvalue weighted by Gasteiger charge is 2.09. The van der Waals surface area contributed by atoms with E-state index < -0.39 is 0 Å².